The molecule has 0 N–H and O–H groups in total. The third kappa shape index (κ3) is 4.74. The van der Waals surface area contributed by atoms with Gasteiger partial charge in [-0.25, -0.2) is 4.90 Å². The maximum atomic E-state index is 13.6. The lowest BCUT2D eigenvalue weighted by Crippen LogP contribution is -2.31. The van der Waals surface area contributed by atoms with Gasteiger partial charge in [0, 0.05) is 4.90 Å². The summed E-state index contributed by atoms with van der Waals surface area (Å²) >= 11 is 1.32. The maximum Gasteiger partial charge on any atom is 0.272 e. The molecule has 0 aromatic heterocycles. The third-order valence-electron chi connectivity index (χ3n) is 5.45. The van der Waals surface area contributed by atoms with Crippen molar-refractivity contribution in [2.45, 2.75) is 38.0 Å². The summed E-state index contributed by atoms with van der Waals surface area (Å²) in [5.74, 6) is 0.109. The second kappa shape index (κ2) is 9.28. The largest absolute Gasteiger partial charge is 0.494 e. The van der Waals surface area contributed by atoms with Gasteiger partial charge in [-0.05, 0) is 59.9 Å². The van der Waals surface area contributed by atoms with E-state index in [1.807, 2.05) is 85.8 Å². The standard InChI is InChI=1S/C28H27NO3S/c1-5-32-22-17-11-19(12-18-22)24-25(33-23-9-7-6-8-10-23)27(31)29(26(24)30)21-15-13-20(14-16-21)28(2,3)4/h6-18H,5H2,1-4H3. The van der Waals surface area contributed by atoms with Gasteiger partial charge < -0.3 is 4.74 Å². The zero-order chi connectivity index (χ0) is 23.6. The normalized spacial score (nSPS) is 14.2. The average molecular weight is 458 g/mol. The average Bonchev–Trinajstić information content (AvgIpc) is 3.04. The molecule has 0 bridgehead atoms. The summed E-state index contributed by atoms with van der Waals surface area (Å²) in [7, 11) is 0. The van der Waals surface area contributed by atoms with Gasteiger partial charge in [0.05, 0.1) is 22.8 Å². The van der Waals surface area contributed by atoms with Crippen molar-refractivity contribution in [3.05, 3.63) is 94.9 Å². The van der Waals surface area contributed by atoms with Crippen molar-refractivity contribution in [1.29, 1.82) is 0 Å². The van der Waals surface area contributed by atoms with Crippen molar-refractivity contribution in [2.75, 3.05) is 11.5 Å². The Balaban J connectivity index is 1.75. The number of rotatable bonds is 6. The lowest BCUT2D eigenvalue weighted by Gasteiger charge is -2.21. The molecule has 5 heteroatoms. The molecule has 4 rings (SSSR count). The van der Waals surface area contributed by atoms with E-state index >= 15 is 0 Å². The Labute approximate surface area is 199 Å². The van der Waals surface area contributed by atoms with E-state index in [0.717, 1.165) is 16.2 Å². The van der Waals surface area contributed by atoms with Crippen LogP contribution in [0.2, 0.25) is 0 Å². The number of hydrogen-bond donors (Lipinski definition) is 0. The van der Waals surface area contributed by atoms with E-state index in [-0.39, 0.29) is 17.2 Å². The molecule has 1 aliphatic heterocycles. The minimum absolute atomic E-state index is 0.0163. The van der Waals surface area contributed by atoms with Crippen LogP contribution in [0.25, 0.3) is 5.57 Å². The molecule has 4 nitrogen and oxygen atoms in total. The molecule has 3 aromatic rings. The zero-order valence-electron chi connectivity index (χ0n) is 19.3. The number of anilines is 1. The molecule has 0 spiro atoms. The van der Waals surface area contributed by atoms with Gasteiger partial charge in [-0.15, -0.1) is 0 Å². The number of nitrogens with zero attached hydrogens (tertiary/aromatic N) is 1. The topological polar surface area (TPSA) is 46.6 Å². The number of imide groups is 1. The van der Waals surface area contributed by atoms with Crippen LogP contribution in [0.3, 0.4) is 0 Å². The van der Waals surface area contributed by atoms with Crippen molar-refractivity contribution in [1.82, 2.24) is 0 Å². The number of carbonyl (C=O) groups excluding carboxylic acids is 2. The molecule has 0 fully saturated rings. The summed E-state index contributed by atoms with van der Waals surface area (Å²) < 4.78 is 5.54. The Morgan fingerprint density at radius 1 is 0.818 bits per heavy atom. The van der Waals surface area contributed by atoms with Crippen LogP contribution in [-0.4, -0.2) is 18.4 Å². The molecule has 0 saturated carbocycles. The second-order valence-corrected chi connectivity index (χ2v) is 9.90. The van der Waals surface area contributed by atoms with Crippen LogP contribution in [0, 0.1) is 0 Å². The number of carbonyl (C=O) groups is 2. The van der Waals surface area contributed by atoms with E-state index in [0.29, 0.717) is 28.3 Å². The highest BCUT2D eigenvalue weighted by atomic mass is 32.2. The van der Waals surface area contributed by atoms with E-state index in [1.54, 1.807) is 0 Å². The first-order valence-electron chi connectivity index (χ1n) is 11.0. The fraction of sp³-hybridized carbons (Fsp3) is 0.214. The number of benzene rings is 3. The summed E-state index contributed by atoms with van der Waals surface area (Å²) in [6.07, 6.45) is 0. The van der Waals surface area contributed by atoms with Gasteiger partial charge in [-0.2, -0.15) is 0 Å². The van der Waals surface area contributed by atoms with Crippen molar-refractivity contribution < 1.29 is 14.3 Å². The molecule has 3 aromatic carbocycles. The molecule has 0 unspecified atom stereocenters. The fourth-order valence-corrected chi connectivity index (χ4v) is 4.71. The molecule has 0 saturated heterocycles. The van der Waals surface area contributed by atoms with E-state index in [1.165, 1.54) is 16.7 Å². The SMILES string of the molecule is CCOc1ccc(C2=C(Sc3ccccc3)C(=O)N(c3ccc(C(C)(C)C)cc3)C2=O)cc1. The molecule has 168 valence electrons. The summed E-state index contributed by atoms with van der Waals surface area (Å²) in [5.41, 5.74) is 2.81. The van der Waals surface area contributed by atoms with Crippen LogP contribution in [0.1, 0.15) is 38.8 Å². The lowest BCUT2D eigenvalue weighted by molar-refractivity contribution is -0.119. The molecule has 0 aliphatic carbocycles. The molecule has 0 radical (unpaired) electrons. The first-order valence-corrected chi connectivity index (χ1v) is 11.8. The molecular formula is C28H27NO3S. The van der Waals surface area contributed by atoms with E-state index in [9.17, 15) is 9.59 Å². The smallest absolute Gasteiger partial charge is 0.272 e. The van der Waals surface area contributed by atoms with Crippen LogP contribution < -0.4 is 9.64 Å². The van der Waals surface area contributed by atoms with Gasteiger partial charge in [0.2, 0.25) is 0 Å². The quantitative estimate of drug-likeness (QED) is 0.399. The van der Waals surface area contributed by atoms with Crippen LogP contribution in [0.5, 0.6) is 5.75 Å². The van der Waals surface area contributed by atoms with Gasteiger partial charge in [-0.1, -0.05) is 75.0 Å². The van der Waals surface area contributed by atoms with Crippen molar-refractivity contribution in [3.63, 3.8) is 0 Å². The molecular weight excluding hydrogens is 430 g/mol. The summed E-state index contributed by atoms with van der Waals surface area (Å²) in [5, 5.41) is 0. The first-order chi connectivity index (χ1) is 15.8. The van der Waals surface area contributed by atoms with Crippen LogP contribution in [0.15, 0.2) is 88.7 Å². The lowest BCUT2D eigenvalue weighted by atomic mass is 9.87. The molecule has 2 amide bonds. The van der Waals surface area contributed by atoms with Crippen molar-refractivity contribution in [2.24, 2.45) is 0 Å². The molecule has 33 heavy (non-hydrogen) atoms. The Hall–Kier alpha value is -3.31. The highest BCUT2D eigenvalue weighted by molar-refractivity contribution is 8.04. The maximum absolute atomic E-state index is 13.6. The Kier molecular flexibility index (Phi) is 6.43. The Morgan fingerprint density at radius 2 is 1.45 bits per heavy atom. The summed E-state index contributed by atoms with van der Waals surface area (Å²) in [4.78, 5) is 29.8. The minimum Gasteiger partial charge on any atom is -0.494 e. The number of amides is 2. The van der Waals surface area contributed by atoms with Gasteiger partial charge in [-0.3, -0.25) is 9.59 Å². The molecule has 1 aliphatic rings. The summed E-state index contributed by atoms with van der Waals surface area (Å²) in [6, 6.07) is 24.6. The van der Waals surface area contributed by atoms with Crippen LogP contribution in [-0.2, 0) is 15.0 Å². The van der Waals surface area contributed by atoms with E-state index in [4.69, 9.17) is 4.74 Å². The fourth-order valence-electron chi connectivity index (χ4n) is 3.69. The molecule has 1 heterocycles. The highest BCUT2D eigenvalue weighted by Crippen LogP contribution is 2.41. The van der Waals surface area contributed by atoms with Gasteiger partial charge in [0.1, 0.15) is 5.75 Å². The summed E-state index contributed by atoms with van der Waals surface area (Å²) in [6.45, 7) is 8.89. The molecule has 0 atom stereocenters. The monoisotopic (exact) mass is 457 g/mol. The van der Waals surface area contributed by atoms with Crippen LogP contribution >= 0.6 is 11.8 Å². The Bertz CT molecular complexity index is 1190. The van der Waals surface area contributed by atoms with Gasteiger partial charge >= 0.3 is 0 Å². The minimum atomic E-state index is -0.314. The van der Waals surface area contributed by atoms with E-state index in [2.05, 4.69) is 20.8 Å². The highest BCUT2D eigenvalue weighted by Gasteiger charge is 2.40. The zero-order valence-corrected chi connectivity index (χ0v) is 20.1. The third-order valence-corrected chi connectivity index (χ3v) is 6.54. The van der Waals surface area contributed by atoms with Gasteiger partial charge in [0.15, 0.2) is 0 Å². The number of ether oxygens (including phenoxy) is 1. The van der Waals surface area contributed by atoms with Crippen molar-refractivity contribution in [3.8, 4) is 5.75 Å². The predicted molar refractivity (Wildman–Crippen MR) is 134 cm³/mol. The number of hydrogen-bond acceptors (Lipinski definition) is 4. The Morgan fingerprint density at radius 3 is 2.03 bits per heavy atom. The van der Waals surface area contributed by atoms with Gasteiger partial charge in [0.25, 0.3) is 11.8 Å². The van der Waals surface area contributed by atoms with E-state index < -0.39 is 0 Å². The first kappa shape index (κ1) is 22.9. The van der Waals surface area contributed by atoms with Crippen molar-refractivity contribution >= 4 is 34.8 Å². The van der Waals surface area contributed by atoms with Crippen LogP contribution in [0.4, 0.5) is 5.69 Å². The second-order valence-electron chi connectivity index (χ2n) is 8.82. The predicted octanol–water partition coefficient (Wildman–Crippen LogP) is 6.46. The number of thioether (sulfide) groups is 1.